The number of hydrogen-bond acceptors (Lipinski definition) is 2. The molecular formula is C61H58N4O. The van der Waals surface area contributed by atoms with Crippen LogP contribution in [0.5, 0.6) is 11.5 Å². The van der Waals surface area contributed by atoms with Crippen molar-refractivity contribution in [1.82, 2.24) is 14.1 Å². The van der Waals surface area contributed by atoms with Crippen LogP contribution in [0.4, 0.5) is 0 Å². The van der Waals surface area contributed by atoms with Crippen LogP contribution in [0, 0.1) is 11.7 Å². The highest BCUT2D eigenvalue weighted by Gasteiger charge is 2.25. The minimum Gasteiger partial charge on any atom is -0.458 e. The average Bonchev–Trinajstić information content (AvgIpc) is 3.88. The maximum absolute atomic E-state index is 9.09. The van der Waals surface area contributed by atoms with Crippen molar-refractivity contribution in [3.8, 4) is 50.9 Å². The Bertz CT molecular complexity index is 3630. The molecule has 0 radical (unpaired) electrons. The number of rotatable bonds is 8. The molecule has 66 heavy (non-hydrogen) atoms. The van der Waals surface area contributed by atoms with Crippen molar-refractivity contribution in [2.75, 3.05) is 0 Å². The SMILES string of the molecule is [2H]c1c([2H])c([2H])c2c(c1[2H])c1ccc(Oc3cccc(-n4[c-][n+](-c5c(-c6ccccc6)cccc5-c5cc(C(C)(C)C)cc(C(C)(C)C)c5)c5ccccc54)c3)cc1n2-c1cc(CC(C)(C)C)ccn1. The molecule has 0 N–H and O–H groups in total. The summed E-state index contributed by atoms with van der Waals surface area (Å²) in [5.74, 6) is 1.72. The normalized spacial score (nSPS) is 13.2. The number of imidazole rings is 1. The third-order valence-electron chi connectivity index (χ3n) is 12.3. The van der Waals surface area contributed by atoms with E-state index in [0.717, 1.165) is 56.6 Å². The fraction of sp³-hybridized carbons (Fsp3) is 0.213. The number of benzene rings is 7. The zero-order chi connectivity index (χ0) is 49.4. The van der Waals surface area contributed by atoms with Crippen LogP contribution in [0.2, 0.25) is 0 Å². The van der Waals surface area contributed by atoms with E-state index in [2.05, 4.69) is 175 Å². The van der Waals surface area contributed by atoms with E-state index >= 15 is 0 Å². The fourth-order valence-electron chi connectivity index (χ4n) is 9.06. The zero-order valence-electron chi connectivity index (χ0n) is 43.3. The second-order valence-corrected chi connectivity index (χ2v) is 20.7. The van der Waals surface area contributed by atoms with Crippen molar-refractivity contribution in [2.45, 2.75) is 79.6 Å². The largest absolute Gasteiger partial charge is 0.458 e. The van der Waals surface area contributed by atoms with Gasteiger partial charge in [-0.1, -0.05) is 178 Å². The summed E-state index contributed by atoms with van der Waals surface area (Å²) in [5.41, 5.74) is 12.9. The first kappa shape index (κ1) is 38.1. The lowest BCUT2D eigenvalue weighted by Gasteiger charge is -2.27. The Balaban J connectivity index is 1.12. The molecule has 0 unspecified atom stereocenters. The quantitative estimate of drug-likeness (QED) is 0.113. The second kappa shape index (κ2) is 16.3. The van der Waals surface area contributed by atoms with Gasteiger partial charge in [0.1, 0.15) is 17.3 Å². The van der Waals surface area contributed by atoms with Crippen LogP contribution in [0.1, 0.15) is 84.5 Å². The van der Waals surface area contributed by atoms with E-state index in [-0.39, 0.29) is 40.4 Å². The van der Waals surface area contributed by atoms with E-state index in [4.69, 9.17) is 15.2 Å². The van der Waals surface area contributed by atoms with Gasteiger partial charge >= 0.3 is 0 Å². The first-order chi connectivity index (χ1) is 33.2. The van der Waals surface area contributed by atoms with Gasteiger partial charge < -0.3 is 4.74 Å². The van der Waals surface area contributed by atoms with E-state index in [1.807, 2.05) is 53.1 Å². The Morgan fingerprint density at radius 1 is 0.591 bits per heavy atom. The van der Waals surface area contributed by atoms with E-state index in [1.54, 1.807) is 6.20 Å². The lowest BCUT2D eigenvalue weighted by atomic mass is 9.78. The van der Waals surface area contributed by atoms with Gasteiger partial charge in [-0.2, -0.15) is 0 Å². The molecule has 0 amide bonds. The van der Waals surface area contributed by atoms with Crippen LogP contribution < -0.4 is 9.30 Å². The molecule has 0 spiro atoms. The van der Waals surface area contributed by atoms with Crippen LogP contribution in [0.15, 0.2) is 176 Å². The highest BCUT2D eigenvalue weighted by molar-refractivity contribution is 6.09. The third-order valence-corrected chi connectivity index (χ3v) is 12.3. The molecule has 0 atom stereocenters. The first-order valence-corrected chi connectivity index (χ1v) is 22.8. The Hall–Kier alpha value is -7.24. The lowest BCUT2D eigenvalue weighted by Crippen LogP contribution is -2.31. The third kappa shape index (κ3) is 8.19. The van der Waals surface area contributed by atoms with Gasteiger partial charge in [-0.05, 0) is 110 Å². The highest BCUT2D eigenvalue weighted by atomic mass is 16.5. The zero-order valence-corrected chi connectivity index (χ0v) is 39.3. The van der Waals surface area contributed by atoms with E-state index in [1.165, 1.54) is 11.1 Å². The maximum Gasteiger partial charge on any atom is 0.269 e. The van der Waals surface area contributed by atoms with Crippen LogP contribution in [0.3, 0.4) is 0 Å². The van der Waals surface area contributed by atoms with Crippen LogP contribution in [-0.4, -0.2) is 14.1 Å². The Labute approximate surface area is 395 Å². The fourth-order valence-corrected chi connectivity index (χ4v) is 9.06. The molecule has 0 aliphatic carbocycles. The predicted octanol–water partition coefficient (Wildman–Crippen LogP) is 15.5. The summed E-state index contributed by atoms with van der Waals surface area (Å²) in [7, 11) is 0. The molecule has 328 valence electrons. The van der Waals surface area contributed by atoms with Gasteiger partial charge in [0, 0.05) is 23.0 Å². The highest BCUT2D eigenvalue weighted by Crippen LogP contribution is 2.40. The van der Waals surface area contributed by atoms with Crippen molar-refractivity contribution in [3.05, 3.63) is 199 Å². The van der Waals surface area contributed by atoms with Crippen LogP contribution in [0.25, 0.3) is 72.3 Å². The number of nitrogens with zero attached hydrogens (tertiary/aromatic N) is 4. The summed E-state index contributed by atoms with van der Waals surface area (Å²) in [6, 6.07) is 49.6. The van der Waals surface area contributed by atoms with Crippen molar-refractivity contribution in [2.24, 2.45) is 5.41 Å². The Kier molecular flexibility index (Phi) is 9.42. The second-order valence-electron chi connectivity index (χ2n) is 20.7. The van der Waals surface area contributed by atoms with E-state index in [9.17, 15) is 0 Å². The Morgan fingerprint density at radius 3 is 2.02 bits per heavy atom. The van der Waals surface area contributed by atoms with Crippen molar-refractivity contribution in [1.29, 1.82) is 0 Å². The topological polar surface area (TPSA) is 35.9 Å². The number of fused-ring (bicyclic) bond motifs is 4. The molecular weight excluding hydrogens is 805 g/mol. The maximum atomic E-state index is 9.09. The summed E-state index contributed by atoms with van der Waals surface area (Å²) >= 11 is 0. The van der Waals surface area contributed by atoms with Crippen LogP contribution in [-0.2, 0) is 17.3 Å². The molecule has 0 fully saturated rings. The van der Waals surface area contributed by atoms with Crippen LogP contribution >= 0.6 is 0 Å². The molecule has 7 aromatic carbocycles. The average molecular weight is 867 g/mol. The molecule has 0 saturated heterocycles. The predicted molar refractivity (Wildman–Crippen MR) is 274 cm³/mol. The standard InChI is InChI=1S/C61H58N4O/c1-59(2,3)39-41-31-32-62-57(33-41)65-53-26-14-13-23-51(53)52-30-29-48(38-56(52)65)66-47-22-17-21-46(37-47)63-40-64(55-28-16-15-27-54(55)63)58-49(42-19-11-10-12-20-42)24-18-25-50(58)43-34-44(60(4,5)6)36-45(35-43)61(7,8)9/h10-38H,39H2,1-9H3/i13D,14D,23D,26D. The van der Waals surface area contributed by atoms with Gasteiger partial charge in [0.25, 0.3) is 6.33 Å². The molecule has 0 saturated carbocycles. The van der Waals surface area contributed by atoms with Crippen molar-refractivity contribution < 1.29 is 14.8 Å². The minimum atomic E-state index is -0.291. The number of ether oxygens (including phenoxy) is 1. The van der Waals surface area contributed by atoms with Crippen molar-refractivity contribution in [3.63, 3.8) is 0 Å². The molecule has 0 aliphatic heterocycles. The molecule has 5 heteroatoms. The van der Waals surface area contributed by atoms with Gasteiger partial charge in [-0.3, -0.25) is 13.7 Å². The smallest absolute Gasteiger partial charge is 0.269 e. The summed E-state index contributed by atoms with van der Waals surface area (Å²) < 4.78 is 48.2. The monoisotopic (exact) mass is 866 g/mol. The molecule has 0 bridgehead atoms. The van der Waals surface area contributed by atoms with Gasteiger partial charge in [0.2, 0.25) is 0 Å². The van der Waals surface area contributed by atoms with E-state index < -0.39 is 0 Å². The summed E-state index contributed by atoms with van der Waals surface area (Å²) in [5, 5.41) is 1.12. The molecule has 5 nitrogen and oxygen atoms in total. The summed E-state index contributed by atoms with van der Waals surface area (Å²) in [4.78, 5) is 4.78. The molecule has 3 aromatic heterocycles. The molecule has 10 aromatic rings. The van der Waals surface area contributed by atoms with Gasteiger partial charge in [-0.25, -0.2) is 4.98 Å². The molecule has 3 heterocycles. The number of hydrogen-bond donors (Lipinski definition) is 0. The molecule has 0 aliphatic rings. The number of para-hydroxylation sites is 4. The molecule has 10 rings (SSSR count). The van der Waals surface area contributed by atoms with Gasteiger partial charge in [-0.15, -0.1) is 0 Å². The number of aromatic nitrogens is 4. The van der Waals surface area contributed by atoms with E-state index in [0.29, 0.717) is 39.1 Å². The van der Waals surface area contributed by atoms with Gasteiger partial charge in [0.15, 0.2) is 0 Å². The lowest BCUT2D eigenvalue weighted by molar-refractivity contribution is -0.571. The van der Waals surface area contributed by atoms with Crippen molar-refractivity contribution >= 4 is 32.8 Å². The Morgan fingerprint density at radius 2 is 1.27 bits per heavy atom. The summed E-state index contributed by atoms with van der Waals surface area (Å²) in [6.07, 6.45) is 6.40. The number of pyridine rings is 1. The van der Waals surface area contributed by atoms with Gasteiger partial charge in [0.05, 0.1) is 38.9 Å². The summed E-state index contributed by atoms with van der Waals surface area (Å²) in [6.45, 7) is 20.2. The minimum absolute atomic E-state index is 0.0219. The first-order valence-electron chi connectivity index (χ1n) is 24.8.